The number of fused-ring (bicyclic) bond motifs is 1. The fourth-order valence-electron chi connectivity index (χ4n) is 2.50. The maximum absolute atomic E-state index is 9.47. The first-order chi connectivity index (χ1) is 10.3. The third-order valence-corrected chi connectivity index (χ3v) is 3.65. The van der Waals surface area contributed by atoms with Gasteiger partial charge < -0.3 is 10.4 Å². The minimum atomic E-state index is 0.319. The molecule has 0 aliphatic carbocycles. The second-order valence-corrected chi connectivity index (χ2v) is 5.28. The highest BCUT2D eigenvalue weighted by Crippen LogP contribution is 2.21. The lowest BCUT2D eigenvalue weighted by Crippen LogP contribution is -2.16. The van der Waals surface area contributed by atoms with Gasteiger partial charge in [0, 0.05) is 6.54 Å². The Morgan fingerprint density at radius 3 is 2.38 bits per heavy atom. The van der Waals surface area contributed by atoms with E-state index in [0.29, 0.717) is 5.75 Å². The van der Waals surface area contributed by atoms with Crippen LogP contribution in [0.15, 0.2) is 66.7 Å². The molecule has 2 N–H and O–H groups in total. The molecule has 0 bridgehead atoms. The van der Waals surface area contributed by atoms with Gasteiger partial charge in [-0.1, -0.05) is 54.6 Å². The van der Waals surface area contributed by atoms with Crippen LogP contribution in [-0.4, -0.2) is 11.7 Å². The van der Waals surface area contributed by atoms with Gasteiger partial charge in [0.1, 0.15) is 5.75 Å². The van der Waals surface area contributed by atoms with Crippen LogP contribution in [-0.2, 0) is 13.0 Å². The van der Waals surface area contributed by atoms with Gasteiger partial charge in [0.15, 0.2) is 0 Å². The summed E-state index contributed by atoms with van der Waals surface area (Å²) in [5.41, 5.74) is 2.63. The summed E-state index contributed by atoms with van der Waals surface area (Å²) in [6.45, 7) is 1.86. The quantitative estimate of drug-likeness (QED) is 0.694. The van der Waals surface area contributed by atoms with E-state index in [2.05, 4.69) is 47.8 Å². The van der Waals surface area contributed by atoms with Crippen LogP contribution in [0.25, 0.3) is 10.8 Å². The minimum Gasteiger partial charge on any atom is -0.508 e. The van der Waals surface area contributed by atoms with Crippen LogP contribution in [0.4, 0.5) is 0 Å². The number of nitrogens with one attached hydrogen (secondary N) is 1. The van der Waals surface area contributed by atoms with Crippen molar-refractivity contribution >= 4 is 10.8 Å². The van der Waals surface area contributed by atoms with Crippen LogP contribution >= 0.6 is 0 Å². The van der Waals surface area contributed by atoms with Gasteiger partial charge in [-0.2, -0.15) is 0 Å². The zero-order valence-electron chi connectivity index (χ0n) is 11.9. The molecule has 0 saturated carbocycles. The van der Waals surface area contributed by atoms with Crippen molar-refractivity contribution in [1.82, 2.24) is 5.32 Å². The Morgan fingerprint density at radius 1 is 0.762 bits per heavy atom. The van der Waals surface area contributed by atoms with Crippen LogP contribution in [0.5, 0.6) is 5.75 Å². The van der Waals surface area contributed by atoms with Crippen molar-refractivity contribution in [1.29, 1.82) is 0 Å². The molecular weight excluding hydrogens is 258 g/mol. The van der Waals surface area contributed by atoms with Crippen molar-refractivity contribution in [2.24, 2.45) is 0 Å². The summed E-state index contributed by atoms with van der Waals surface area (Å²) in [6, 6.07) is 22.3. The molecule has 0 aromatic heterocycles. The highest BCUT2D eigenvalue weighted by atomic mass is 16.3. The molecule has 0 amide bonds. The Bertz CT molecular complexity index is 722. The first kappa shape index (κ1) is 13.7. The van der Waals surface area contributed by atoms with Gasteiger partial charge in [-0.05, 0) is 47.0 Å². The van der Waals surface area contributed by atoms with Gasteiger partial charge in [-0.25, -0.2) is 0 Å². The number of rotatable bonds is 5. The zero-order valence-corrected chi connectivity index (χ0v) is 11.9. The predicted octanol–water partition coefficient (Wildman–Crippen LogP) is 3.88. The minimum absolute atomic E-state index is 0.319. The molecule has 2 nitrogen and oxygen atoms in total. The molecule has 0 aliphatic rings. The maximum atomic E-state index is 9.47. The number of benzene rings is 3. The highest BCUT2D eigenvalue weighted by Gasteiger charge is 1.98. The van der Waals surface area contributed by atoms with Crippen LogP contribution < -0.4 is 5.32 Å². The van der Waals surface area contributed by atoms with E-state index in [-0.39, 0.29) is 0 Å². The third-order valence-electron chi connectivity index (χ3n) is 3.65. The number of hydrogen-bond donors (Lipinski definition) is 2. The van der Waals surface area contributed by atoms with Crippen LogP contribution in [0, 0.1) is 0 Å². The Morgan fingerprint density at radius 2 is 1.52 bits per heavy atom. The molecule has 0 aliphatic heterocycles. The second kappa shape index (κ2) is 6.42. The lowest BCUT2D eigenvalue weighted by Gasteiger charge is -2.06. The molecule has 106 valence electrons. The molecule has 0 spiro atoms. The van der Waals surface area contributed by atoms with Crippen LogP contribution in [0.3, 0.4) is 0 Å². The third kappa shape index (κ3) is 3.61. The molecule has 0 radical (unpaired) electrons. The molecule has 3 aromatic rings. The lowest BCUT2D eigenvalue weighted by atomic mass is 10.0. The van der Waals surface area contributed by atoms with Gasteiger partial charge in [-0.15, -0.1) is 0 Å². The Hall–Kier alpha value is -2.32. The topological polar surface area (TPSA) is 32.3 Å². The average Bonchev–Trinajstić information content (AvgIpc) is 2.52. The van der Waals surface area contributed by atoms with Crippen molar-refractivity contribution in [2.45, 2.75) is 13.0 Å². The highest BCUT2D eigenvalue weighted by molar-refractivity contribution is 5.84. The summed E-state index contributed by atoms with van der Waals surface area (Å²) in [4.78, 5) is 0. The molecule has 0 unspecified atom stereocenters. The number of phenolic OH excluding ortho intramolecular Hbond substituents is 1. The zero-order chi connectivity index (χ0) is 14.5. The first-order valence-electron chi connectivity index (χ1n) is 7.27. The van der Waals surface area contributed by atoms with Crippen molar-refractivity contribution in [3.63, 3.8) is 0 Å². The summed E-state index contributed by atoms with van der Waals surface area (Å²) < 4.78 is 0. The SMILES string of the molecule is Oc1ccc2cc(CCNCc3ccccc3)ccc2c1. The Labute approximate surface area is 125 Å². The summed E-state index contributed by atoms with van der Waals surface area (Å²) in [7, 11) is 0. The molecular formula is C19H19NO. The first-order valence-corrected chi connectivity index (χ1v) is 7.27. The largest absolute Gasteiger partial charge is 0.508 e. The molecule has 0 fully saturated rings. The fraction of sp³-hybridized carbons (Fsp3) is 0.158. The van der Waals surface area contributed by atoms with Crippen molar-refractivity contribution in [2.75, 3.05) is 6.54 Å². The molecule has 0 heterocycles. The normalized spacial score (nSPS) is 10.9. The van der Waals surface area contributed by atoms with E-state index >= 15 is 0 Å². The van der Waals surface area contributed by atoms with E-state index in [4.69, 9.17) is 0 Å². The number of hydrogen-bond acceptors (Lipinski definition) is 2. The van der Waals surface area contributed by atoms with Crippen molar-refractivity contribution < 1.29 is 5.11 Å². The monoisotopic (exact) mass is 277 g/mol. The Balaban J connectivity index is 1.57. The summed E-state index contributed by atoms with van der Waals surface area (Å²) in [5.74, 6) is 0.319. The van der Waals surface area contributed by atoms with Gasteiger partial charge in [0.2, 0.25) is 0 Å². The van der Waals surface area contributed by atoms with E-state index in [1.807, 2.05) is 12.1 Å². The van der Waals surface area contributed by atoms with Gasteiger partial charge >= 0.3 is 0 Å². The lowest BCUT2D eigenvalue weighted by molar-refractivity contribution is 0.476. The standard InChI is InChI=1S/C19H19NO/c21-19-9-8-17-12-15(6-7-18(17)13-19)10-11-20-14-16-4-2-1-3-5-16/h1-9,12-13,20-21H,10-11,14H2. The second-order valence-electron chi connectivity index (χ2n) is 5.28. The molecule has 21 heavy (non-hydrogen) atoms. The van der Waals surface area contributed by atoms with Crippen molar-refractivity contribution in [3.05, 3.63) is 77.9 Å². The Kier molecular flexibility index (Phi) is 4.17. The molecule has 3 rings (SSSR count). The van der Waals surface area contributed by atoms with E-state index in [0.717, 1.165) is 24.9 Å². The molecule has 3 aromatic carbocycles. The van der Waals surface area contributed by atoms with Crippen molar-refractivity contribution in [3.8, 4) is 5.75 Å². The van der Waals surface area contributed by atoms with E-state index in [9.17, 15) is 5.11 Å². The van der Waals surface area contributed by atoms with E-state index < -0.39 is 0 Å². The summed E-state index contributed by atoms with van der Waals surface area (Å²) in [6.07, 6.45) is 1.00. The van der Waals surface area contributed by atoms with Gasteiger partial charge in [0.05, 0.1) is 0 Å². The number of phenols is 1. The predicted molar refractivity (Wildman–Crippen MR) is 87.5 cm³/mol. The van der Waals surface area contributed by atoms with E-state index in [1.165, 1.54) is 16.5 Å². The average molecular weight is 277 g/mol. The van der Waals surface area contributed by atoms with Gasteiger partial charge in [0.25, 0.3) is 0 Å². The molecule has 0 saturated heterocycles. The maximum Gasteiger partial charge on any atom is 0.116 e. The summed E-state index contributed by atoms with van der Waals surface area (Å²) >= 11 is 0. The smallest absolute Gasteiger partial charge is 0.116 e. The van der Waals surface area contributed by atoms with Crippen LogP contribution in [0.2, 0.25) is 0 Å². The van der Waals surface area contributed by atoms with Crippen LogP contribution in [0.1, 0.15) is 11.1 Å². The van der Waals surface area contributed by atoms with Gasteiger partial charge in [-0.3, -0.25) is 0 Å². The van der Waals surface area contributed by atoms with E-state index in [1.54, 1.807) is 12.1 Å². The summed E-state index contributed by atoms with van der Waals surface area (Å²) in [5, 5.41) is 15.2. The number of aromatic hydroxyl groups is 1. The fourth-order valence-corrected chi connectivity index (χ4v) is 2.50. The molecule has 2 heteroatoms. The molecule has 0 atom stereocenters.